The highest BCUT2D eigenvalue weighted by Crippen LogP contribution is 2.35. The van der Waals surface area contributed by atoms with Crippen molar-refractivity contribution in [3.63, 3.8) is 0 Å². The Balaban J connectivity index is 1.56. The molecule has 5 rings (SSSR count). The van der Waals surface area contributed by atoms with Crippen molar-refractivity contribution >= 4 is 34.1 Å². The van der Waals surface area contributed by atoms with E-state index in [0.29, 0.717) is 28.5 Å². The molecule has 3 aromatic heterocycles. The molecule has 1 saturated heterocycles. The fraction of sp³-hybridized carbons (Fsp3) is 0.318. The maximum atomic E-state index is 13.8. The molecule has 1 aliphatic rings. The Morgan fingerprint density at radius 3 is 2.69 bits per heavy atom. The zero-order valence-electron chi connectivity index (χ0n) is 17.7. The highest BCUT2D eigenvalue weighted by Gasteiger charge is 2.24. The second-order valence-corrected chi connectivity index (χ2v) is 8.59. The Labute approximate surface area is 189 Å². The van der Waals surface area contributed by atoms with Gasteiger partial charge < -0.3 is 15.4 Å². The predicted octanol–water partition coefficient (Wildman–Crippen LogP) is 3.03. The first-order chi connectivity index (χ1) is 15.6. The minimum absolute atomic E-state index is 0.349. The summed E-state index contributed by atoms with van der Waals surface area (Å²) in [7, 11) is 1.72. The van der Waals surface area contributed by atoms with E-state index in [1.165, 1.54) is 16.8 Å². The van der Waals surface area contributed by atoms with Crippen molar-refractivity contribution in [2.75, 3.05) is 57.1 Å². The average Bonchev–Trinajstić information content (AvgIpc) is 3.46. The number of nitrogens with zero attached hydrogens (tertiary/aromatic N) is 6. The van der Waals surface area contributed by atoms with Gasteiger partial charge in [-0.15, -0.1) is 16.4 Å². The van der Waals surface area contributed by atoms with E-state index in [-0.39, 0.29) is 5.82 Å². The number of thiophene rings is 1. The topological polar surface area (TPSA) is 85.3 Å². The molecule has 1 fully saturated rings. The van der Waals surface area contributed by atoms with Crippen LogP contribution in [0.25, 0.3) is 27.3 Å². The molecule has 0 atom stereocenters. The van der Waals surface area contributed by atoms with Gasteiger partial charge in [-0.3, -0.25) is 4.90 Å². The number of nitrogens with two attached hydrogens (primary N) is 1. The molecule has 4 aromatic rings. The van der Waals surface area contributed by atoms with E-state index in [1.54, 1.807) is 30.6 Å². The van der Waals surface area contributed by atoms with Gasteiger partial charge in [0.25, 0.3) is 0 Å². The molecule has 2 N–H and O–H groups in total. The molecular weight excluding hydrogens is 429 g/mol. The average molecular weight is 454 g/mol. The van der Waals surface area contributed by atoms with E-state index >= 15 is 0 Å². The van der Waals surface area contributed by atoms with Crippen LogP contribution in [-0.4, -0.2) is 71.1 Å². The molecular formula is C22H24FN7OS. The number of hydrogen-bond acceptors (Lipinski definition) is 8. The molecule has 0 bridgehead atoms. The lowest BCUT2D eigenvalue weighted by atomic mass is 10.2. The lowest BCUT2D eigenvalue weighted by Gasteiger charge is -2.34. The van der Waals surface area contributed by atoms with Crippen LogP contribution < -0.4 is 10.6 Å². The van der Waals surface area contributed by atoms with Gasteiger partial charge in [-0.2, -0.15) is 4.98 Å². The summed E-state index contributed by atoms with van der Waals surface area (Å²) in [5, 5.41) is 7.31. The third-order valence-electron chi connectivity index (χ3n) is 5.63. The molecule has 1 aliphatic heterocycles. The number of aromatic nitrogens is 4. The molecule has 10 heteroatoms. The van der Waals surface area contributed by atoms with Crippen molar-refractivity contribution in [1.29, 1.82) is 0 Å². The van der Waals surface area contributed by atoms with Gasteiger partial charge in [0.05, 0.1) is 28.3 Å². The maximum absolute atomic E-state index is 13.8. The first-order valence-electron chi connectivity index (χ1n) is 10.5. The number of hydrogen-bond donors (Lipinski definition) is 1. The molecule has 0 radical (unpaired) electrons. The van der Waals surface area contributed by atoms with Gasteiger partial charge in [0.2, 0.25) is 5.95 Å². The summed E-state index contributed by atoms with van der Waals surface area (Å²) in [5.41, 5.74) is 8.29. The summed E-state index contributed by atoms with van der Waals surface area (Å²) < 4.78 is 20.6. The van der Waals surface area contributed by atoms with Crippen molar-refractivity contribution < 1.29 is 9.13 Å². The van der Waals surface area contributed by atoms with Crippen LogP contribution in [0.5, 0.6) is 0 Å². The maximum Gasteiger partial charge on any atom is 0.228 e. The van der Waals surface area contributed by atoms with Crippen molar-refractivity contribution in [3.8, 4) is 16.3 Å². The van der Waals surface area contributed by atoms with Crippen LogP contribution in [0.15, 0.2) is 41.8 Å². The Kier molecular flexibility index (Phi) is 5.73. The quantitative estimate of drug-likeness (QED) is 0.480. The molecule has 0 saturated carbocycles. The van der Waals surface area contributed by atoms with Gasteiger partial charge in [0, 0.05) is 39.8 Å². The second-order valence-electron chi connectivity index (χ2n) is 7.65. The summed E-state index contributed by atoms with van der Waals surface area (Å²) in [6.07, 6.45) is 0. The number of benzene rings is 1. The molecule has 0 aliphatic carbocycles. The summed E-state index contributed by atoms with van der Waals surface area (Å²) in [6, 6.07) is 10.2. The van der Waals surface area contributed by atoms with Crippen molar-refractivity contribution in [1.82, 2.24) is 24.6 Å². The number of piperazine rings is 1. The molecule has 0 amide bonds. The van der Waals surface area contributed by atoms with Crippen LogP contribution in [0.3, 0.4) is 0 Å². The number of nitrogen functional groups attached to an aromatic ring is 1. The van der Waals surface area contributed by atoms with Crippen LogP contribution in [0.1, 0.15) is 0 Å². The normalized spacial score (nSPS) is 15.0. The van der Waals surface area contributed by atoms with Crippen LogP contribution in [0, 0.1) is 5.82 Å². The van der Waals surface area contributed by atoms with E-state index in [4.69, 9.17) is 20.4 Å². The van der Waals surface area contributed by atoms with E-state index in [1.807, 2.05) is 17.5 Å². The summed E-state index contributed by atoms with van der Waals surface area (Å²) in [4.78, 5) is 15.2. The largest absolute Gasteiger partial charge is 0.383 e. The van der Waals surface area contributed by atoms with Crippen molar-refractivity contribution in [3.05, 3.63) is 47.6 Å². The van der Waals surface area contributed by atoms with Gasteiger partial charge >= 0.3 is 0 Å². The number of methoxy groups -OCH3 is 1. The molecule has 166 valence electrons. The lowest BCUT2D eigenvalue weighted by Crippen LogP contribution is -2.47. The van der Waals surface area contributed by atoms with Crippen molar-refractivity contribution in [2.45, 2.75) is 0 Å². The van der Waals surface area contributed by atoms with E-state index in [2.05, 4.69) is 14.9 Å². The van der Waals surface area contributed by atoms with Gasteiger partial charge in [0.1, 0.15) is 11.6 Å². The Hall–Kier alpha value is -3.08. The minimum atomic E-state index is -0.349. The van der Waals surface area contributed by atoms with Crippen LogP contribution in [0.4, 0.5) is 16.2 Å². The third-order valence-corrected chi connectivity index (χ3v) is 6.51. The highest BCUT2D eigenvalue weighted by atomic mass is 32.1. The molecule has 4 heterocycles. The summed E-state index contributed by atoms with van der Waals surface area (Å²) in [5.74, 6) is 0.680. The van der Waals surface area contributed by atoms with Gasteiger partial charge in [-0.1, -0.05) is 12.1 Å². The number of rotatable bonds is 6. The number of ether oxygens (including phenoxy) is 1. The molecule has 32 heavy (non-hydrogen) atoms. The predicted molar refractivity (Wildman–Crippen MR) is 125 cm³/mol. The van der Waals surface area contributed by atoms with E-state index in [0.717, 1.165) is 49.9 Å². The highest BCUT2D eigenvalue weighted by molar-refractivity contribution is 7.13. The second kappa shape index (κ2) is 8.81. The van der Waals surface area contributed by atoms with Gasteiger partial charge in [-0.25, -0.2) is 14.1 Å². The molecule has 1 aromatic carbocycles. The SMILES string of the molecule is COCCN1CCN(c2nc(-c3cccs3)c3c(N)n(-c4cccc(F)c4)nc3n2)CC1. The number of fused-ring (bicyclic) bond motifs is 1. The first kappa shape index (κ1) is 20.8. The van der Waals surface area contributed by atoms with E-state index in [9.17, 15) is 4.39 Å². The van der Waals surface area contributed by atoms with Crippen LogP contribution in [-0.2, 0) is 4.74 Å². The fourth-order valence-corrected chi connectivity index (χ4v) is 4.65. The Morgan fingerprint density at radius 1 is 1.12 bits per heavy atom. The fourth-order valence-electron chi connectivity index (χ4n) is 3.93. The van der Waals surface area contributed by atoms with Crippen molar-refractivity contribution in [2.24, 2.45) is 0 Å². The Morgan fingerprint density at radius 2 is 1.97 bits per heavy atom. The Bertz CT molecular complexity index is 1220. The number of anilines is 2. The zero-order chi connectivity index (χ0) is 22.1. The van der Waals surface area contributed by atoms with Crippen LogP contribution in [0.2, 0.25) is 0 Å². The van der Waals surface area contributed by atoms with Gasteiger partial charge in [0.15, 0.2) is 5.65 Å². The molecule has 0 spiro atoms. The summed E-state index contributed by atoms with van der Waals surface area (Å²) in [6.45, 7) is 5.11. The lowest BCUT2D eigenvalue weighted by molar-refractivity contribution is 0.144. The standard InChI is InChI=1S/C22H24FN7OS/c1-31-12-11-28-7-9-29(10-8-28)22-25-19(17-6-3-13-32-17)18-20(24)30(27-21(18)26-22)16-5-2-4-15(23)14-16/h2-6,13-14H,7-12,24H2,1H3. The minimum Gasteiger partial charge on any atom is -0.383 e. The third kappa shape index (κ3) is 3.92. The van der Waals surface area contributed by atoms with E-state index < -0.39 is 0 Å². The van der Waals surface area contributed by atoms with Crippen LogP contribution >= 0.6 is 11.3 Å². The molecule has 8 nitrogen and oxygen atoms in total. The molecule has 0 unspecified atom stereocenters. The number of halogens is 1. The smallest absolute Gasteiger partial charge is 0.228 e. The van der Waals surface area contributed by atoms with Gasteiger partial charge in [-0.05, 0) is 29.6 Å². The zero-order valence-corrected chi connectivity index (χ0v) is 18.6. The first-order valence-corrected chi connectivity index (χ1v) is 11.3. The summed E-state index contributed by atoms with van der Waals surface area (Å²) >= 11 is 1.59. The monoisotopic (exact) mass is 453 g/mol.